The van der Waals surface area contributed by atoms with Gasteiger partial charge >= 0.3 is 0 Å². The van der Waals surface area contributed by atoms with Crippen LogP contribution in [0.15, 0.2) is 28.8 Å². The van der Waals surface area contributed by atoms with E-state index in [2.05, 4.69) is 37.8 Å². The Morgan fingerprint density at radius 3 is 2.45 bits per heavy atom. The number of rotatable bonds is 4. The summed E-state index contributed by atoms with van der Waals surface area (Å²) in [6.45, 7) is 8.96. The summed E-state index contributed by atoms with van der Waals surface area (Å²) in [7, 11) is 0. The first-order valence-corrected chi connectivity index (χ1v) is 7.02. The van der Waals surface area contributed by atoms with Crippen molar-refractivity contribution in [3.63, 3.8) is 0 Å². The van der Waals surface area contributed by atoms with E-state index in [9.17, 15) is 0 Å². The Kier molecular flexibility index (Phi) is 4.12. The average molecular weight is 273 g/mol. The highest BCUT2D eigenvalue weighted by atomic mass is 16.5. The molecule has 20 heavy (non-hydrogen) atoms. The van der Waals surface area contributed by atoms with Gasteiger partial charge in [-0.15, -0.1) is 0 Å². The summed E-state index contributed by atoms with van der Waals surface area (Å²) >= 11 is 0. The van der Waals surface area contributed by atoms with E-state index >= 15 is 0 Å². The van der Waals surface area contributed by atoms with Crippen LogP contribution in [0.3, 0.4) is 0 Å². The monoisotopic (exact) mass is 273 g/mol. The molecule has 0 aliphatic rings. The number of hydrogen-bond acceptors (Lipinski definition) is 4. The molecule has 0 aliphatic carbocycles. The first kappa shape index (κ1) is 14.6. The van der Waals surface area contributed by atoms with Crippen LogP contribution in [0.4, 0.5) is 5.69 Å². The third kappa shape index (κ3) is 4.08. The quantitative estimate of drug-likeness (QED) is 0.857. The van der Waals surface area contributed by atoms with Crippen LogP contribution < -0.4 is 5.73 Å². The molecular weight excluding hydrogens is 250 g/mol. The average Bonchev–Trinajstić information content (AvgIpc) is 2.75. The maximum Gasteiger partial charge on any atom is 0.227 e. The minimum absolute atomic E-state index is 0.319. The normalized spacial score (nSPS) is 13.4. The molecule has 2 N–H and O–H groups in total. The van der Waals surface area contributed by atoms with Gasteiger partial charge in [0.2, 0.25) is 11.7 Å². The second-order valence-electron chi connectivity index (χ2n) is 6.71. The lowest BCUT2D eigenvalue weighted by atomic mass is 9.84. The lowest BCUT2D eigenvalue weighted by Gasteiger charge is -2.22. The van der Waals surface area contributed by atoms with Gasteiger partial charge in [0.15, 0.2) is 0 Å². The van der Waals surface area contributed by atoms with Gasteiger partial charge in [0, 0.05) is 17.7 Å². The molecule has 0 radical (unpaired) electrons. The van der Waals surface area contributed by atoms with Crippen molar-refractivity contribution in [1.82, 2.24) is 10.1 Å². The lowest BCUT2D eigenvalue weighted by molar-refractivity contribution is 0.283. The van der Waals surface area contributed by atoms with E-state index in [4.69, 9.17) is 10.3 Å². The van der Waals surface area contributed by atoms with Crippen molar-refractivity contribution in [2.75, 3.05) is 5.73 Å². The number of nitrogen functional groups attached to an aromatic ring is 1. The van der Waals surface area contributed by atoms with Gasteiger partial charge in [0.25, 0.3) is 0 Å². The summed E-state index contributed by atoms with van der Waals surface area (Å²) in [6, 6.07) is 7.49. The standard InChI is InChI=1S/C16H23N3O/c1-11(10-16(2,3)4)9-14-18-15(19-20-14)12-5-7-13(17)8-6-12/h5-8,11H,9-10,17H2,1-4H3. The number of anilines is 1. The molecule has 2 aromatic rings. The molecule has 0 saturated heterocycles. The fourth-order valence-corrected chi connectivity index (χ4v) is 2.50. The molecule has 1 aromatic heterocycles. The number of aromatic nitrogens is 2. The fourth-order valence-electron chi connectivity index (χ4n) is 2.50. The molecule has 1 heterocycles. The van der Waals surface area contributed by atoms with E-state index in [-0.39, 0.29) is 0 Å². The Labute approximate surface area is 120 Å². The maximum atomic E-state index is 5.67. The van der Waals surface area contributed by atoms with Crippen molar-refractivity contribution in [2.45, 2.75) is 40.5 Å². The molecule has 4 heteroatoms. The van der Waals surface area contributed by atoms with Gasteiger partial charge in [0.05, 0.1) is 0 Å². The van der Waals surface area contributed by atoms with Crippen LogP contribution >= 0.6 is 0 Å². The van der Waals surface area contributed by atoms with Gasteiger partial charge in [-0.05, 0) is 42.0 Å². The van der Waals surface area contributed by atoms with Crippen LogP contribution in [-0.2, 0) is 6.42 Å². The highest BCUT2D eigenvalue weighted by molar-refractivity contribution is 5.57. The highest BCUT2D eigenvalue weighted by Crippen LogP contribution is 2.26. The Morgan fingerprint density at radius 1 is 1.20 bits per heavy atom. The fraction of sp³-hybridized carbons (Fsp3) is 0.500. The van der Waals surface area contributed by atoms with Gasteiger partial charge in [-0.25, -0.2) is 0 Å². The summed E-state index contributed by atoms with van der Waals surface area (Å²) in [4.78, 5) is 4.46. The zero-order valence-electron chi connectivity index (χ0n) is 12.7. The van der Waals surface area contributed by atoms with E-state index < -0.39 is 0 Å². The zero-order valence-corrected chi connectivity index (χ0v) is 12.7. The molecule has 108 valence electrons. The van der Waals surface area contributed by atoms with E-state index in [0.29, 0.717) is 23.0 Å². The molecule has 0 bridgehead atoms. The SMILES string of the molecule is CC(Cc1nc(-c2ccc(N)cc2)no1)CC(C)(C)C. The second kappa shape index (κ2) is 5.65. The molecule has 1 unspecified atom stereocenters. The van der Waals surface area contributed by atoms with Crippen molar-refractivity contribution < 1.29 is 4.52 Å². The maximum absolute atomic E-state index is 5.67. The molecule has 0 saturated carbocycles. The lowest BCUT2D eigenvalue weighted by Crippen LogP contribution is -2.12. The number of nitrogens with two attached hydrogens (primary N) is 1. The molecule has 4 nitrogen and oxygen atoms in total. The summed E-state index contributed by atoms with van der Waals surface area (Å²) in [5, 5.41) is 4.04. The summed E-state index contributed by atoms with van der Waals surface area (Å²) in [5.41, 5.74) is 7.65. The molecule has 0 spiro atoms. The Hall–Kier alpha value is -1.84. The van der Waals surface area contributed by atoms with Crippen LogP contribution in [0, 0.1) is 11.3 Å². The van der Waals surface area contributed by atoms with Crippen LogP contribution in [0.25, 0.3) is 11.4 Å². The van der Waals surface area contributed by atoms with E-state index in [0.717, 1.165) is 24.1 Å². The number of hydrogen-bond donors (Lipinski definition) is 1. The van der Waals surface area contributed by atoms with Gasteiger partial charge < -0.3 is 10.3 Å². The van der Waals surface area contributed by atoms with E-state index in [1.807, 2.05) is 24.3 Å². The largest absolute Gasteiger partial charge is 0.399 e. The summed E-state index contributed by atoms with van der Waals surface area (Å²) in [6.07, 6.45) is 1.95. The van der Waals surface area contributed by atoms with Gasteiger partial charge in [0.1, 0.15) is 0 Å². The predicted octanol–water partition coefficient (Wildman–Crippen LogP) is 3.93. The van der Waals surface area contributed by atoms with Gasteiger partial charge in [-0.2, -0.15) is 4.98 Å². The molecule has 0 aliphatic heterocycles. The second-order valence-corrected chi connectivity index (χ2v) is 6.71. The zero-order chi connectivity index (χ0) is 14.8. The Bertz CT molecular complexity index is 552. The van der Waals surface area contributed by atoms with E-state index in [1.54, 1.807) is 0 Å². The number of benzene rings is 1. The third-order valence-corrected chi connectivity index (χ3v) is 3.12. The van der Waals surface area contributed by atoms with Crippen LogP contribution in [0.5, 0.6) is 0 Å². The van der Waals surface area contributed by atoms with Gasteiger partial charge in [-0.1, -0.05) is 32.9 Å². The van der Waals surface area contributed by atoms with Crippen molar-refractivity contribution in [3.8, 4) is 11.4 Å². The molecule has 2 rings (SSSR count). The predicted molar refractivity (Wildman–Crippen MR) is 81.1 cm³/mol. The van der Waals surface area contributed by atoms with Crippen LogP contribution in [0.1, 0.15) is 40.0 Å². The first-order chi connectivity index (χ1) is 9.33. The highest BCUT2D eigenvalue weighted by Gasteiger charge is 2.18. The smallest absolute Gasteiger partial charge is 0.227 e. The molecule has 0 amide bonds. The molecule has 1 atom stereocenters. The summed E-state index contributed by atoms with van der Waals surface area (Å²) < 4.78 is 5.34. The van der Waals surface area contributed by atoms with Crippen molar-refractivity contribution in [3.05, 3.63) is 30.2 Å². The topological polar surface area (TPSA) is 64.9 Å². The third-order valence-electron chi connectivity index (χ3n) is 3.12. The van der Waals surface area contributed by atoms with Crippen molar-refractivity contribution in [2.24, 2.45) is 11.3 Å². The number of nitrogens with zero attached hydrogens (tertiary/aromatic N) is 2. The Balaban J connectivity index is 2.04. The first-order valence-electron chi connectivity index (χ1n) is 7.02. The van der Waals surface area contributed by atoms with Crippen molar-refractivity contribution >= 4 is 5.69 Å². The van der Waals surface area contributed by atoms with Crippen molar-refractivity contribution in [1.29, 1.82) is 0 Å². The van der Waals surface area contributed by atoms with Crippen LogP contribution in [-0.4, -0.2) is 10.1 Å². The summed E-state index contributed by atoms with van der Waals surface area (Å²) in [5.74, 6) is 1.85. The van der Waals surface area contributed by atoms with E-state index in [1.165, 1.54) is 0 Å². The molecule has 0 fully saturated rings. The molecular formula is C16H23N3O. The minimum atomic E-state index is 0.319. The Morgan fingerprint density at radius 2 is 1.85 bits per heavy atom. The van der Waals surface area contributed by atoms with Gasteiger partial charge in [-0.3, -0.25) is 0 Å². The molecule has 1 aromatic carbocycles. The minimum Gasteiger partial charge on any atom is -0.399 e. The van der Waals surface area contributed by atoms with Crippen LogP contribution in [0.2, 0.25) is 0 Å².